The highest BCUT2D eigenvalue weighted by atomic mass is 16.5. The summed E-state index contributed by atoms with van der Waals surface area (Å²) in [6.45, 7) is 4.97. The van der Waals surface area contributed by atoms with E-state index in [-0.39, 0.29) is 5.88 Å². The van der Waals surface area contributed by atoms with Gasteiger partial charge in [-0.15, -0.1) is 0 Å². The zero-order chi connectivity index (χ0) is 11.8. The fourth-order valence-electron chi connectivity index (χ4n) is 1.59. The molecule has 0 spiro atoms. The number of pyridine rings is 1. The van der Waals surface area contributed by atoms with Crippen LogP contribution in [-0.2, 0) is 5.11 Å². The van der Waals surface area contributed by atoms with Gasteiger partial charge in [-0.2, -0.15) is 0 Å². The molecule has 3 nitrogen and oxygen atoms in total. The van der Waals surface area contributed by atoms with Crippen LogP contribution in [0.5, 0.6) is 11.6 Å². The first-order chi connectivity index (χ1) is 7.77. The molecule has 1 unspecified atom stereocenters. The van der Waals surface area contributed by atoms with Crippen LogP contribution in [0.1, 0.15) is 39.5 Å². The lowest BCUT2D eigenvalue weighted by Gasteiger charge is -2.15. The Balaban J connectivity index is 2.40. The molecule has 1 heterocycles. The molecule has 0 aliphatic heterocycles. The van der Waals surface area contributed by atoms with Crippen molar-refractivity contribution < 1.29 is 9.84 Å². The van der Waals surface area contributed by atoms with Crippen molar-refractivity contribution >= 4 is 0 Å². The molecule has 0 amide bonds. The summed E-state index contributed by atoms with van der Waals surface area (Å²) in [6, 6.07) is 3.41. The molecule has 3 heteroatoms. The van der Waals surface area contributed by atoms with Crippen LogP contribution in [0, 0.1) is 5.92 Å². The summed E-state index contributed by atoms with van der Waals surface area (Å²) >= 11 is 0. The second-order valence-electron chi connectivity index (χ2n) is 4.03. The first-order valence-corrected chi connectivity index (χ1v) is 6.02. The van der Waals surface area contributed by atoms with Crippen molar-refractivity contribution in [2.75, 3.05) is 6.61 Å². The molecular formula is C13H20NO2. The second kappa shape index (κ2) is 7.09. The number of hydrogen-bond acceptors (Lipinski definition) is 2. The molecule has 0 bridgehead atoms. The first kappa shape index (κ1) is 12.8. The number of rotatable bonds is 7. The lowest BCUT2D eigenvalue weighted by Crippen LogP contribution is -2.11. The molecule has 0 aliphatic carbocycles. The first-order valence-electron chi connectivity index (χ1n) is 6.02. The van der Waals surface area contributed by atoms with Gasteiger partial charge in [-0.25, -0.2) is 4.98 Å². The van der Waals surface area contributed by atoms with Gasteiger partial charge in [0.05, 0.1) is 6.61 Å². The number of aromatic nitrogens is 1. The monoisotopic (exact) mass is 222 g/mol. The van der Waals surface area contributed by atoms with Gasteiger partial charge in [0.1, 0.15) is 0 Å². The van der Waals surface area contributed by atoms with Crippen molar-refractivity contribution in [3.05, 3.63) is 18.3 Å². The van der Waals surface area contributed by atoms with Gasteiger partial charge in [0, 0.05) is 6.20 Å². The SMILES string of the molecule is CCCCC(CC)COc1cccnc1[O]. The quantitative estimate of drug-likeness (QED) is 0.703. The third-order valence-electron chi connectivity index (χ3n) is 2.75. The zero-order valence-corrected chi connectivity index (χ0v) is 10.1. The molecule has 0 saturated carbocycles. The van der Waals surface area contributed by atoms with Crippen molar-refractivity contribution in [3.8, 4) is 11.6 Å². The summed E-state index contributed by atoms with van der Waals surface area (Å²) < 4.78 is 5.51. The fraction of sp³-hybridized carbons (Fsp3) is 0.615. The van der Waals surface area contributed by atoms with Crippen LogP contribution >= 0.6 is 0 Å². The van der Waals surface area contributed by atoms with Crippen LogP contribution < -0.4 is 4.74 Å². The van der Waals surface area contributed by atoms with Gasteiger partial charge in [0.15, 0.2) is 5.75 Å². The zero-order valence-electron chi connectivity index (χ0n) is 10.1. The van der Waals surface area contributed by atoms with Crippen LogP contribution in [0.4, 0.5) is 0 Å². The molecule has 1 aromatic rings. The summed E-state index contributed by atoms with van der Waals surface area (Å²) in [6.07, 6.45) is 6.18. The lowest BCUT2D eigenvalue weighted by atomic mass is 10.0. The van der Waals surface area contributed by atoms with Crippen molar-refractivity contribution in [1.29, 1.82) is 0 Å². The molecule has 1 aromatic heterocycles. The van der Waals surface area contributed by atoms with Crippen LogP contribution in [0.25, 0.3) is 0 Å². The largest absolute Gasteiger partial charge is 0.488 e. The van der Waals surface area contributed by atoms with E-state index in [1.807, 2.05) is 0 Å². The highest BCUT2D eigenvalue weighted by Crippen LogP contribution is 2.23. The van der Waals surface area contributed by atoms with E-state index in [1.54, 1.807) is 12.1 Å². The van der Waals surface area contributed by atoms with Crippen LogP contribution in [0.3, 0.4) is 0 Å². The number of ether oxygens (including phenoxy) is 1. The van der Waals surface area contributed by atoms with E-state index in [0.717, 1.165) is 6.42 Å². The smallest absolute Gasteiger partial charge is 0.311 e. The van der Waals surface area contributed by atoms with E-state index >= 15 is 0 Å². The maximum absolute atomic E-state index is 11.3. The Morgan fingerprint density at radius 3 is 2.88 bits per heavy atom. The molecule has 1 radical (unpaired) electrons. The van der Waals surface area contributed by atoms with Crippen molar-refractivity contribution in [3.63, 3.8) is 0 Å². The van der Waals surface area contributed by atoms with Gasteiger partial charge in [0.2, 0.25) is 0 Å². The van der Waals surface area contributed by atoms with E-state index in [0.29, 0.717) is 18.3 Å². The summed E-state index contributed by atoms with van der Waals surface area (Å²) in [5, 5.41) is 11.3. The standard InChI is InChI=1S/C13H20NO2/c1-3-5-7-11(4-2)10-16-12-8-6-9-14-13(12)15/h6,8-9,11H,3-5,7,10H2,1-2H3. The van der Waals surface area contributed by atoms with Gasteiger partial charge in [-0.3, -0.25) is 5.11 Å². The van der Waals surface area contributed by atoms with E-state index in [4.69, 9.17) is 4.74 Å². The predicted molar refractivity (Wildman–Crippen MR) is 63.2 cm³/mol. The van der Waals surface area contributed by atoms with Crippen LogP contribution in [-0.4, -0.2) is 11.6 Å². The molecule has 89 valence electrons. The normalized spacial score (nSPS) is 12.4. The molecule has 0 aromatic carbocycles. The summed E-state index contributed by atoms with van der Waals surface area (Å²) in [4.78, 5) is 3.66. The Hall–Kier alpha value is -1.25. The molecule has 1 rings (SSSR count). The van der Waals surface area contributed by atoms with Crippen molar-refractivity contribution in [1.82, 2.24) is 4.98 Å². The summed E-state index contributed by atoms with van der Waals surface area (Å²) in [5.41, 5.74) is 0. The Bertz CT molecular complexity index is 302. The lowest BCUT2D eigenvalue weighted by molar-refractivity contribution is 0.214. The predicted octanol–water partition coefficient (Wildman–Crippen LogP) is 3.82. The minimum absolute atomic E-state index is 0.271. The maximum atomic E-state index is 11.3. The second-order valence-corrected chi connectivity index (χ2v) is 4.03. The van der Waals surface area contributed by atoms with Gasteiger partial charge < -0.3 is 4.74 Å². The summed E-state index contributed by atoms with van der Waals surface area (Å²) in [7, 11) is 0. The maximum Gasteiger partial charge on any atom is 0.311 e. The molecule has 1 atom stereocenters. The average molecular weight is 222 g/mol. The molecule has 0 fully saturated rings. The minimum Gasteiger partial charge on any atom is -0.488 e. The van der Waals surface area contributed by atoms with E-state index in [2.05, 4.69) is 18.8 Å². The Morgan fingerprint density at radius 1 is 1.44 bits per heavy atom. The van der Waals surface area contributed by atoms with Gasteiger partial charge in [0.25, 0.3) is 0 Å². The van der Waals surface area contributed by atoms with Gasteiger partial charge in [-0.05, 0) is 24.5 Å². The van der Waals surface area contributed by atoms with Crippen LogP contribution in [0.2, 0.25) is 0 Å². The van der Waals surface area contributed by atoms with Gasteiger partial charge >= 0.3 is 5.88 Å². The number of hydrogen-bond donors (Lipinski definition) is 0. The average Bonchev–Trinajstić information content (AvgIpc) is 2.31. The van der Waals surface area contributed by atoms with Crippen molar-refractivity contribution in [2.24, 2.45) is 5.92 Å². The van der Waals surface area contributed by atoms with Crippen molar-refractivity contribution in [2.45, 2.75) is 39.5 Å². The fourth-order valence-corrected chi connectivity index (χ4v) is 1.59. The number of unbranched alkanes of at least 4 members (excludes halogenated alkanes) is 1. The summed E-state index contributed by atoms with van der Waals surface area (Å²) in [5.74, 6) is 0.643. The van der Waals surface area contributed by atoms with Crippen LogP contribution in [0.15, 0.2) is 18.3 Å². The van der Waals surface area contributed by atoms with E-state index < -0.39 is 0 Å². The highest BCUT2D eigenvalue weighted by Gasteiger charge is 2.09. The molecule has 0 N–H and O–H groups in total. The minimum atomic E-state index is -0.271. The topological polar surface area (TPSA) is 42.0 Å². The van der Waals surface area contributed by atoms with Gasteiger partial charge in [-0.1, -0.05) is 33.1 Å². The Labute approximate surface area is 97.5 Å². The molecule has 0 saturated heterocycles. The van der Waals surface area contributed by atoms with E-state index in [1.165, 1.54) is 25.5 Å². The highest BCUT2D eigenvalue weighted by molar-refractivity contribution is 5.30. The third-order valence-corrected chi connectivity index (χ3v) is 2.75. The molecular weight excluding hydrogens is 202 g/mol. The molecule has 16 heavy (non-hydrogen) atoms. The Kier molecular flexibility index (Phi) is 5.68. The third kappa shape index (κ3) is 4.09. The Morgan fingerprint density at radius 2 is 2.25 bits per heavy atom. The number of nitrogens with zero attached hydrogens (tertiary/aromatic N) is 1. The van der Waals surface area contributed by atoms with E-state index in [9.17, 15) is 5.11 Å². The molecule has 0 aliphatic rings.